The smallest absolute Gasteiger partial charge is 0.184 e. The average molecular weight is 1060 g/mol. The van der Waals surface area contributed by atoms with Crippen LogP contribution in [0.5, 0.6) is 0 Å². The molecule has 14 aliphatic rings. The highest BCUT2D eigenvalue weighted by molar-refractivity contribution is 6.71. The lowest BCUT2D eigenvalue weighted by molar-refractivity contribution is -0.0802. The van der Waals surface area contributed by atoms with Crippen LogP contribution in [-0.2, 0) is 0 Å². The summed E-state index contributed by atoms with van der Waals surface area (Å²) in [6.07, 6.45) is 63.1. The molecule has 14 atom stereocenters. The Balaban J connectivity index is 0.972. The van der Waals surface area contributed by atoms with E-state index in [1.54, 1.807) is 5.57 Å². The van der Waals surface area contributed by atoms with Gasteiger partial charge in [-0.05, 0) is 218 Å². The summed E-state index contributed by atoms with van der Waals surface area (Å²) >= 11 is 0. The largest absolute Gasteiger partial charge is 0.367 e. The van der Waals surface area contributed by atoms with E-state index in [1.807, 2.05) is 5.57 Å². The van der Waals surface area contributed by atoms with Gasteiger partial charge in [0.15, 0.2) is 6.71 Å². The molecule has 78 heavy (non-hydrogen) atoms. The van der Waals surface area contributed by atoms with E-state index in [1.165, 1.54) is 205 Å². The highest BCUT2D eigenvalue weighted by atomic mass is 15.4. The fourth-order valence-electron chi connectivity index (χ4n) is 25.2. The predicted molar refractivity (Wildman–Crippen MR) is 331 cm³/mol. The summed E-state index contributed by atoms with van der Waals surface area (Å²) in [7, 11) is 0. The lowest BCUT2D eigenvalue weighted by atomic mass is 9.21. The maximum atomic E-state index is 3.57. The van der Waals surface area contributed by atoms with Crippen LogP contribution >= 0.6 is 0 Å². The molecule has 0 radical (unpaired) electrons. The summed E-state index contributed by atoms with van der Waals surface area (Å²) in [6, 6.07) is 3.76. The van der Waals surface area contributed by atoms with Crippen LogP contribution in [0.15, 0.2) is 58.8 Å². The van der Waals surface area contributed by atoms with Crippen molar-refractivity contribution in [1.29, 1.82) is 0 Å². The minimum Gasteiger partial charge on any atom is -0.367 e. The first-order valence-electron chi connectivity index (χ1n) is 35.3. The molecule has 0 aromatic carbocycles. The van der Waals surface area contributed by atoms with Gasteiger partial charge in [-0.15, -0.1) is 0 Å². The van der Waals surface area contributed by atoms with Gasteiger partial charge >= 0.3 is 0 Å². The van der Waals surface area contributed by atoms with Crippen LogP contribution in [-0.4, -0.2) is 68.7 Å². The number of allylic oxidation sites excluding steroid dienone is 7. The molecular weight excluding hydrogens is 942 g/mol. The Labute approximate surface area is 480 Å². The molecule has 14 rings (SSSR count). The molecule has 0 aromatic rings. The van der Waals surface area contributed by atoms with Gasteiger partial charge in [0.1, 0.15) is 0 Å². The zero-order chi connectivity index (χ0) is 53.7. The van der Waals surface area contributed by atoms with Gasteiger partial charge in [-0.25, -0.2) is 0 Å². The van der Waals surface area contributed by atoms with Crippen molar-refractivity contribution in [3.8, 4) is 0 Å². The second kappa shape index (κ2) is 20.1. The van der Waals surface area contributed by atoms with E-state index in [2.05, 4.69) is 132 Å². The van der Waals surface area contributed by atoms with E-state index in [4.69, 9.17) is 0 Å². The standard InChI is InChI=1S/C74H116BN3/c1-69(2,3)54-32-35-56(36-33-54)76(63-37-34-55(70(4,5)6)46-58(63)51-30-20-13-21-31-51)57-47-64-66-65(48-57)78-68-60(74(72(78,9)10)40-24-15-25-41-74)43-53(50-28-18-12-19-29-50)45-62(68)75(66)61-44-52(49-26-16-11-17-27-49)42-59-67(61)77(64)71(7,8)73(59)38-22-14-23-39-73/h20,30-32,35,42,49-50,53-61,63-67H,11-19,21-29,33-34,36-41,43-48H2,1-10H3. The highest BCUT2D eigenvalue weighted by Crippen LogP contribution is 2.75. The molecular formula is C74H116BN3. The topological polar surface area (TPSA) is 9.72 Å². The van der Waals surface area contributed by atoms with E-state index in [0.29, 0.717) is 69.7 Å². The summed E-state index contributed by atoms with van der Waals surface area (Å²) in [4.78, 5) is 10.5. The van der Waals surface area contributed by atoms with Gasteiger partial charge in [0.05, 0.1) is 0 Å². The monoisotopic (exact) mass is 1060 g/mol. The van der Waals surface area contributed by atoms with E-state index < -0.39 is 0 Å². The molecule has 10 aliphatic carbocycles. The molecule has 0 bridgehead atoms. The molecule has 4 aliphatic heterocycles. The second-order valence-electron chi connectivity index (χ2n) is 34.4. The minimum atomic E-state index is 0.187. The van der Waals surface area contributed by atoms with Crippen LogP contribution < -0.4 is 0 Å². The first kappa shape index (κ1) is 54.4. The van der Waals surface area contributed by atoms with Crippen molar-refractivity contribution in [3.63, 3.8) is 0 Å². The van der Waals surface area contributed by atoms with Gasteiger partial charge < -0.3 is 4.90 Å². The average Bonchev–Trinajstić information content (AvgIpc) is 3.62. The molecule has 9 fully saturated rings. The Hall–Kier alpha value is -1.52. The van der Waals surface area contributed by atoms with Gasteiger partial charge in [-0.1, -0.05) is 179 Å². The number of fused-ring (bicyclic) bond motifs is 6. The summed E-state index contributed by atoms with van der Waals surface area (Å²) < 4.78 is 0. The molecule has 6 saturated carbocycles. The van der Waals surface area contributed by atoms with E-state index >= 15 is 0 Å². The normalized spacial score (nSPS) is 42.2. The Morgan fingerprint density at radius 2 is 1.29 bits per heavy atom. The molecule has 430 valence electrons. The Kier molecular flexibility index (Phi) is 14.0. The van der Waals surface area contributed by atoms with Crippen molar-refractivity contribution in [2.24, 2.45) is 69.0 Å². The van der Waals surface area contributed by atoms with Crippen molar-refractivity contribution in [1.82, 2.24) is 14.7 Å². The second-order valence-corrected chi connectivity index (χ2v) is 34.4. The minimum absolute atomic E-state index is 0.187. The summed E-state index contributed by atoms with van der Waals surface area (Å²) in [6.45, 7) is 27.8. The van der Waals surface area contributed by atoms with Crippen molar-refractivity contribution < 1.29 is 0 Å². The number of hydrogen-bond acceptors (Lipinski definition) is 3. The Bertz CT molecular complexity index is 2370. The number of rotatable bonds is 6. The van der Waals surface area contributed by atoms with Crippen LogP contribution in [0.25, 0.3) is 0 Å². The maximum Gasteiger partial charge on any atom is 0.184 e. The molecule has 3 saturated heterocycles. The van der Waals surface area contributed by atoms with Crippen LogP contribution in [0.4, 0.5) is 0 Å². The molecule has 2 spiro atoms. The van der Waals surface area contributed by atoms with Gasteiger partial charge in [0, 0.05) is 64.4 Å². The van der Waals surface area contributed by atoms with Crippen LogP contribution in [0.2, 0.25) is 11.6 Å². The number of nitrogens with zero attached hydrogens (tertiary/aromatic N) is 3. The maximum absolute atomic E-state index is 3.57. The van der Waals surface area contributed by atoms with Gasteiger partial charge in [-0.3, -0.25) is 9.80 Å². The van der Waals surface area contributed by atoms with Crippen molar-refractivity contribution in [3.05, 3.63) is 58.8 Å². The van der Waals surface area contributed by atoms with Crippen LogP contribution in [0, 0.1) is 69.0 Å². The summed E-state index contributed by atoms with van der Waals surface area (Å²) in [5, 5.41) is 0. The third-order valence-corrected chi connectivity index (χ3v) is 28.9. The Morgan fingerprint density at radius 3 is 1.95 bits per heavy atom. The van der Waals surface area contributed by atoms with Gasteiger partial charge in [-0.2, -0.15) is 0 Å². The molecule has 0 N–H and O–H groups in total. The van der Waals surface area contributed by atoms with E-state index in [0.717, 1.165) is 53.9 Å². The molecule has 3 nitrogen and oxygen atoms in total. The summed E-state index contributed by atoms with van der Waals surface area (Å²) in [5.41, 5.74) is 9.80. The van der Waals surface area contributed by atoms with Crippen LogP contribution in [0.1, 0.15) is 275 Å². The zero-order valence-electron chi connectivity index (χ0n) is 52.2. The van der Waals surface area contributed by atoms with E-state index in [-0.39, 0.29) is 11.1 Å². The Morgan fingerprint density at radius 1 is 0.615 bits per heavy atom. The molecule has 4 heterocycles. The van der Waals surface area contributed by atoms with Crippen LogP contribution in [0.3, 0.4) is 0 Å². The first-order chi connectivity index (χ1) is 37.4. The van der Waals surface area contributed by atoms with Gasteiger partial charge in [0.25, 0.3) is 0 Å². The lowest BCUT2D eigenvalue weighted by Crippen LogP contribution is -2.73. The molecule has 14 unspecified atom stereocenters. The molecule has 0 aromatic heterocycles. The van der Waals surface area contributed by atoms with E-state index in [9.17, 15) is 0 Å². The SMILES string of the molecule is CC(C)(C)C1C=CC(N(C2CC3C4B(C5=C6C(CC(C7CCCCC7)C5)C5(CCCCC5)C(C)(C)N63)C3CC(C5CCCCC5)=CC5C3N(C4C2)C(C)(C)C52CCCCC2)C2CCC(C(C)(C)C)CC2C2=CCCC=C2)CC1. The van der Waals surface area contributed by atoms with Crippen molar-refractivity contribution in [2.45, 2.75) is 334 Å². The molecule has 4 heteroatoms. The first-order valence-corrected chi connectivity index (χ1v) is 35.3. The fourth-order valence-corrected chi connectivity index (χ4v) is 25.2. The predicted octanol–water partition coefficient (Wildman–Crippen LogP) is 19.3. The highest BCUT2D eigenvalue weighted by Gasteiger charge is 2.76. The third kappa shape index (κ3) is 8.35. The zero-order valence-corrected chi connectivity index (χ0v) is 52.2. The third-order valence-electron chi connectivity index (χ3n) is 28.9. The fraction of sp³-hybridized carbons (Fsp3) is 0.865. The van der Waals surface area contributed by atoms with Crippen molar-refractivity contribution in [2.75, 3.05) is 0 Å². The van der Waals surface area contributed by atoms with Crippen molar-refractivity contribution >= 4 is 6.71 Å². The summed E-state index contributed by atoms with van der Waals surface area (Å²) in [5.74, 6) is 7.89. The number of hydrogen-bond donors (Lipinski definition) is 0. The van der Waals surface area contributed by atoms with Gasteiger partial charge in [0.2, 0.25) is 0 Å². The quantitative estimate of drug-likeness (QED) is 0.194. The molecule has 0 amide bonds. The lowest BCUT2D eigenvalue weighted by Gasteiger charge is -2.67.